The maximum absolute atomic E-state index is 12.7. The molecule has 0 saturated heterocycles. The Kier molecular flexibility index (Phi) is 7.54. The number of hydrogen-bond donors (Lipinski definition) is 1. The van der Waals surface area contributed by atoms with Gasteiger partial charge in [-0.05, 0) is 19.4 Å². The van der Waals surface area contributed by atoms with Gasteiger partial charge in [-0.15, -0.1) is 21.5 Å². The average Bonchev–Trinajstić information content (AvgIpc) is 3.31. The number of amides is 2. The third-order valence-corrected chi connectivity index (χ3v) is 7.08. The first-order valence-electron chi connectivity index (χ1n) is 9.96. The van der Waals surface area contributed by atoms with Crippen molar-refractivity contribution in [3.63, 3.8) is 0 Å². The Bertz CT molecular complexity index is 1200. The molecule has 33 heavy (non-hydrogen) atoms. The van der Waals surface area contributed by atoms with Gasteiger partial charge in [-0.25, -0.2) is 4.79 Å². The lowest BCUT2D eigenvalue weighted by Crippen LogP contribution is -2.21. The molecule has 0 spiro atoms. The molecule has 0 saturated carbocycles. The summed E-state index contributed by atoms with van der Waals surface area (Å²) < 4.78 is 6.68. The highest BCUT2D eigenvalue weighted by Gasteiger charge is 2.27. The lowest BCUT2D eigenvalue weighted by atomic mass is 10.1. The Morgan fingerprint density at radius 2 is 1.82 bits per heavy atom. The topological polar surface area (TPSA) is 106 Å². The molecule has 174 valence electrons. The van der Waals surface area contributed by atoms with Crippen molar-refractivity contribution >= 4 is 45.9 Å². The lowest BCUT2D eigenvalue weighted by Gasteiger charge is -2.08. The number of aryl methyl sites for hydroxylation is 1. The highest BCUT2D eigenvalue weighted by Crippen LogP contribution is 2.34. The number of carbonyl (C=O) groups is 3. The maximum atomic E-state index is 12.7. The summed E-state index contributed by atoms with van der Waals surface area (Å²) in [7, 11) is 6.35. The average molecular weight is 488 g/mol. The summed E-state index contributed by atoms with van der Waals surface area (Å²) in [5, 5.41) is 12.0. The minimum absolute atomic E-state index is 0.0500. The van der Waals surface area contributed by atoms with E-state index < -0.39 is 5.97 Å². The number of esters is 1. The molecule has 1 aromatic carbocycles. The SMILES string of the molecule is COC(=O)c1c(NC(=O)CSc2nnc(-c3ccc(C)cc3)n2C)sc(C(=O)N(C)C)c1C. The largest absolute Gasteiger partial charge is 0.465 e. The van der Waals surface area contributed by atoms with Crippen molar-refractivity contribution in [3.05, 3.63) is 45.8 Å². The predicted octanol–water partition coefficient (Wildman–Crippen LogP) is 3.38. The van der Waals surface area contributed by atoms with E-state index in [-0.39, 0.29) is 28.1 Å². The third-order valence-electron chi connectivity index (χ3n) is 4.87. The van der Waals surface area contributed by atoms with Gasteiger partial charge in [0, 0.05) is 26.7 Å². The molecule has 0 aliphatic rings. The number of nitrogens with zero attached hydrogens (tertiary/aromatic N) is 4. The van der Waals surface area contributed by atoms with Crippen LogP contribution in [0.2, 0.25) is 0 Å². The van der Waals surface area contributed by atoms with Gasteiger partial charge in [0.2, 0.25) is 5.91 Å². The first kappa shape index (κ1) is 24.5. The van der Waals surface area contributed by atoms with Crippen molar-refractivity contribution in [2.75, 3.05) is 32.3 Å². The summed E-state index contributed by atoms with van der Waals surface area (Å²) in [6.07, 6.45) is 0. The van der Waals surface area contributed by atoms with Crippen molar-refractivity contribution in [2.24, 2.45) is 7.05 Å². The molecule has 9 nitrogen and oxygen atoms in total. The van der Waals surface area contributed by atoms with E-state index in [0.29, 0.717) is 21.4 Å². The van der Waals surface area contributed by atoms with Gasteiger partial charge in [0.25, 0.3) is 5.91 Å². The number of thiophene rings is 1. The van der Waals surface area contributed by atoms with Gasteiger partial charge in [0.1, 0.15) is 5.00 Å². The van der Waals surface area contributed by atoms with Crippen molar-refractivity contribution in [2.45, 2.75) is 19.0 Å². The van der Waals surface area contributed by atoms with E-state index in [0.717, 1.165) is 22.5 Å². The van der Waals surface area contributed by atoms with Crippen LogP contribution >= 0.6 is 23.1 Å². The van der Waals surface area contributed by atoms with Crippen LogP contribution in [0, 0.1) is 13.8 Å². The number of carbonyl (C=O) groups excluding carboxylic acids is 3. The number of hydrogen-bond acceptors (Lipinski definition) is 8. The maximum Gasteiger partial charge on any atom is 0.341 e. The number of thioether (sulfide) groups is 1. The number of aromatic nitrogens is 3. The van der Waals surface area contributed by atoms with Crippen LogP contribution in [0.4, 0.5) is 5.00 Å². The van der Waals surface area contributed by atoms with Gasteiger partial charge in [-0.3, -0.25) is 9.59 Å². The van der Waals surface area contributed by atoms with E-state index in [4.69, 9.17) is 4.74 Å². The van der Waals surface area contributed by atoms with Crippen molar-refractivity contribution < 1.29 is 19.1 Å². The second-order valence-electron chi connectivity index (χ2n) is 7.52. The molecular formula is C22H25N5O4S2. The van der Waals surface area contributed by atoms with E-state index >= 15 is 0 Å². The first-order valence-corrected chi connectivity index (χ1v) is 11.8. The molecule has 1 N–H and O–H groups in total. The summed E-state index contributed by atoms with van der Waals surface area (Å²) in [6, 6.07) is 7.95. The van der Waals surface area contributed by atoms with Crippen LogP contribution in [0.25, 0.3) is 11.4 Å². The zero-order valence-electron chi connectivity index (χ0n) is 19.3. The monoisotopic (exact) mass is 487 g/mol. The van der Waals surface area contributed by atoms with Crippen molar-refractivity contribution in [1.29, 1.82) is 0 Å². The van der Waals surface area contributed by atoms with Crippen LogP contribution in [0.5, 0.6) is 0 Å². The fourth-order valence-electron chi connectivity index (χ4n) is 3.04. The summed E-state index contributed by atoms with van der Waals surface area (Å²) in [5.74, 6) is -0.448. The zero-order chi connectivity index (χ0) is 24.3. The quantitative estimate of drug-likeness (QED) is 0.402. The van der Waals surface area contributed by atoms with Gasteiger partial charge in [-0.2, -0.15) is 0 Å². The molecule has 0 aliphatic carbocycles. The molecule has 2 amide bonds. The highest BCUT2D eigenvalue weighted by molar-refractivity contribution is 7.99. The Morgan fingerprint density at radius 1 is 1.15 bits per heavy atom. The fraction of sp³-hybridized carbons (Fsp3) is 0.318. The van der Waals surface area contributed by atoms with Crippen LogP contribution in [0.15, 0.2) is 29.4 Å². The number of benzene rings is 1. The van der Waals surface area contributed by atoms with Crippen LogP contribution in [-0.4, -0.2) is 64.4 Å². The molecule has 0 unspecified atom stereocenters. The van der Waals surface area contributed by atoms with E-state index in [2.05, 4.69) is 15.5 Å². The second-order valence-corrected chi connectivity index (χ2v) is 9.48. The Labute approximate surface area is 200 Å². The van der Waals surface area contributed by atoms with Crippen LogP contribution < -0.4 is 5.32 Å². The van der Waals surface area contributed by atoms with Crippen LogP contribution in [-0.2, 0) is 16.6 Å². The number of rotatable bonds is 7. The standard InChI is InChI=1S/C22H25N5O4S2/c1-12-7-9-14(10-8-12)18-24-25-22(27(18)5)32-11-15(28)23-19-16(21(30)31-6)13(2)17(33-19)20(29)26(3)4/h7-10H,11H2,1-6H3,(H,23,28). The second kappa shape index (κ2) is 10.2. The molecule has 0 atom stereocenters. The van der Waals surface area contributed by atoms with Gasteiger partial charge in [0.05, 0.1) is 23.3 Å². The predicted molar refractivity (Wildman–Crippen MR) is 129 cm³/mol. The van der Waals surface area contributed by atoms with Crippen molar-refractivity contribution in [1.82, 2.24) is 19.7 Å². The van der Waals surface area contributed by atoms with Crippen LogP contribution in [0.1, 0.15) is 31.2 Å². The third kappa shape index (κ3) is 5.25. The van der Waals surface area contributed by atoms with Crippen molar-refractivity contribution in [3.8, 4) is 11.4 Å². The summed E-state index contributed by atoms with van der Waals surface area (Å²) in [4.78, 5) is 39.2. The molecule has 3 aromatic rings. The number of anilines is 1. The van der Waals surface area contributed by atoms with Gasteiger partial charge in [-0.1, -0.05) is 41.6 Å². The Hall–Kier alpha value is -3.18. The minimum Gasteiger partial charge on any atom is -0.465 e. The zero-order valence-corrected chi connectivity index (χ0v) is 20.9. The molecule has 2 heterocycles. The Morgan fingerprint density at radius 3 is 2.42 bits per heavy atom. The summed E-state index contributed by atoms with van der Waals surface area (Å²) in [5.41, 5.74) is 2.75. The molecule has 0 radical (unpaired) electrons. The van der Waals surface area contributed by atoms with Gasteiger partial charge in [0.15, 0.2) is 11.0 Å². The number of ether oxygens (including phenoxy) is 1. The van der Waals surface area contributed by atoms with Gasteiger partial charge >= 0.3 is 5.97 Å². The number of methoxy groups -OCH3 is 1. The number of nitrogens with one attached hydrogen (secondary N) is 1. The van der Waals surface area contributed by atoms with E-state index in [1.54, 1.807) is 21.0 Å². The molecule has 3 rings (SSSR count). The smallest absolute Gasteiger partial charge is 0.341 e. The highest BCUT2D eigenvalue weighted by atomic mass is 32.2. The summed E-state index contributed by atoms with van der Waals surface area (Å²) >= 11 is 2.28. The van der Waals surface area contributed by atoms with E-state index in [1.807, 2.05) is 42.8 Å². The minimum atomic E-state index is -0.611. The molecular weight excluding hydrogens is 462 g/mol. The fourth-order valence-corrected chi connectivity index (χ4v) is 4.99. The molecule has 0 aliphatic heterocycles. The molecule has 0 bridgehead atoms. The normalized spacial score (nSPS) is 10.7. The molecule has 0 fully saturated rings. The van der Waals surface area contributed by atoms with Gasteiger partial charge < -0.3 is 19.5 Å². The van der Waals surface area contributed by atoms with E-state index in [9.17, 15) is 14.4 Å². The first-order chi connectivity index (χ1) is 15.6. The Balaban J connectivity index is 1.75. The molecule has 11 heteroatoms. The lowest BCUT2D eigenvalue weighted by molar-refractivity contribution is -0.113. The van der Waals surface area contributed by atoms with E-state index in [1.165, 1.54) is 23.8 Å². The van der Waals surface area contributed by atoms with Crippen LogP contribution in [0.3, 0.4) is 0 Å². The molecule has 2 aromatic heterocycles. The summed E-state index contributed by atoms with van der Waals surface area (Å²) in [6.45, 7) is 3.68.